The van der Waals surface area contributed by atoms with E-state index in [1.165, 1.54) is 29.2 Å². The van der Waals surface area contributed by atoms with Crippen LogP contribution >= 0.6 is 23.2 Å². The third-order valence-electron chi connectivity index (χ3n) is 3.24. The predicted molar refractivity (Wildman–Crippen MR) is 88.9 cm³/mol. The maximum Gasteiger partial charge on any atom is 0.277 e. The van der Waals surface area contributed by atoms with Crippen LogP contribution in [-0.2, 0) is 13.6 Å². The number of hydrogen-bond donors (Lipinski definition) is 1. The summed E-state index contributed by atoms with van der Waals surface area (Å²) in [6.45, 7) is 0.347. The maximum absolute atomic E-state index is 13.1. The number of hydrogen-bond acceptors (Lipinski definition) is 3. The molecule has 6 nitrogen and oxygen atoms in total. The first-order chi connectivity index (χ1) is 11.4. The summed E-state index contributed by atoms with van der Waals surface area (Å²) in [7, 11) is 1.67. The Morgan fingerprint density at radius 1 is 1.29 bits per heavy atom. The molecular formula is C15H12Cl2FN5O. The lowest BCUT2D eigenvalue weighted by atomic mass is 10.2. The van der Waals surface area contributed by atoms with E-state index in [1.807, 2.05) is 0 Å². The molecule has 0 spiro atoms. The molecule has 1 N–H and O–H groups in total. The number of nitrogens with zero attached hydrogens (tertiary/aromatic N) is 4. The van der Waals surface area contributed by atoms with Gasteiger partial charge in [-0.2, -0.15) is 10.2 Å². The first kappa shape index (κ1) is 16.5. The molecule has 2 heterocycles. The Labute approximate surface area is 146 Å². The van der Waals surface area contributed by atoms with Crippen molar-refractivity contribution in [1.29, 1.82) is 0 Å². The van der Waals surface area contributed by atoms with E-state index in [4.69, 9.17) is 23.2 Å². The number of aromatic nitrogens is 4. The molecule has 0 atom stereocenters. The Bertz CT molecular complexity index is 905. The normalized spacial score (nSPS) is 10.8. The Kier molecular flexibility index (Phi) is 4.55. The van der Waals surface area contributed by atoms with Gasteiger partial charge in [-0.05, 0) is 17.7 Å². The molecule has 0 saturated heterocycles. The number of aryl methyl sites for hydroxylation is 1. The molecule has 0 radical (unpaired) electrons. The Balaban J connectivity index is 1.71. The Morgan fingerprint density at radius 3 is 2.75 bits per heavy atom. The van der Waals surface area contributed by atoms with E-state index in [9.17, 15) is 9.18 Å². The number of carbonyl (C=O) groups excluding carboxylic acids is 1. The summed E-state index contributed by atoms with van der Waals surface area (Å²) < 4.78 is 16.1. The number of anilines is 1. The van der Waals surface area contributed by atoms with Gasteiger partial charge >= 0.3 is 0 Å². The molecule has 0 aliphatic carbocycles. The van der Waals surface area contributed by atoms with Gasteiger partial charge in [0.1, 0.15) is 5.82 Å². The average Bonchev–Trinajstić information content (AvgIpc) is 3.08. The molecule has 3 aromatic rings. The molecule has 9 heteroatoms. The lowest BCUT2D eigenvalue weighted by Crippen LogP contribution is -2.13. The van der Waals surface area contributed by atoms with Crippen molar-refractivity contribution >= 4 is 34.8 Å². The first-order valence-corrected chi connectivity index (χ1v) is 7.65. The van der Waals surface area contributed by atoms with E-state index in [1.54, 1.807) is 24.0 Å². The predicted octanol–water partition coefficient (Wildman–Crippen LogP) is 3.36. The number of halogens is 3. The van der Waals surface area contributed by atoms with Gasteiger partial charge in [-0.25, -0.2) is 4.39 Å². The third kappa shape index (κ3) is 3.58. The fourth-order valence-corrected chi connectivity index (χ4v) is 2.63. The first-order valence-electron chi connectivity index (χ1n) is 6.89. The maximum atomic E-state index is 13.1. The van der Waals surface area contributed by atoms with Crippen LogP contribution in [0, 0.1) is 5.82 Å². The zero-order chi connectivity index (χ0) is 17.3. The number of rotatable bonds is 4. The lowest BCUT2D eigenvalue weighted by molar-refractivity contribution is 0.102. The summed E-state index contributed by atoms with van der Waals surface area (Å²) in [6, 6.07) is 4.16. The highest BCUT2D eigenvalue weighted by molar-refractivity contribution is 6.34. The van der Waals surface area contributed by atoms with Gasteiger partial charge in [-0.15, -0.1) is 0 Å². The fraction of sp³-hybridized carbons (Fsp3) is 0.133. The highest BCUT2D eigenvalue weighted by atomic mass is 35.5. The summed E-state index contributed by atoms with van der Waals surface area (Å²) >= 11 is 11.9. The topological polar surface area (TPSA) is 64.7 Å². The highest BCUT2D eigenvalue weighted by Gasteiger charge is 2.15. The molecule has 0 fully saturated rings. The largest absolute Gasteiger partial charge is 0.318 e. The number of amides is 1. The van der Waals surface area contributed by atoms with Crippen molar-refractivity contribution in [3.05, 3.63) is 63.9 Å². The molecular weight excluding hydrogens is 356 g/mol. The van der Waals surface area contributed by atoms with Crippen LogP contribution in [0.25, 0.3) is 0 Å². The minimum Gasteiger partial charge on any atom is -0.318 e. The Morgan fingerprint density at radius 2 is 2.08 bits per heavy atom. The van der Waals surface area contributed by atoms with Gasteiger partial charge in [0.25, 0.3) is 5.91 Å². The standard InChI is InChI=1S/C15H12Cl2FN5O/c1-22-8-13(17)14(21-22)15(24)20-11-5-19-23(7-11)6-9-2-3-10(18)4-12(9)16/h2-5,7-8H,6H2,1H3,(H,20,24). The summed E-state index contributed by atoms with van der Waals surface area (Å²) in [4.78, 5) is 12.1. The monoisotopic (exact) mass is 367 g/mol. The van der Waals surface area contributed by atoms with E-state index >= 15 is 0 Å². The number of nitrogens with one attached hydrogen (secondary N) is 1. The van der Waals surface area contributed by atoms with Gasteiger partial charge < -0.3 is 5.32 Å². The van der Waals surface area contributed by atoms with Crippen molar-refractivity contribution < 1.29 is 9.18 Å². The van der Waals surface area contributed by atoms with Crippen molar-refractivity contribution in [1.82, 2.24) is 19.6 Å². The highest BCUT2D eigenvalue weighted by Crippen LogP contribution is 2.19. The number of benzene rings is 1. The van der Waals surface area contributed by atoms with Crippen molar-refractivity contribution in [3.8, 4) is 0 Å². The zero-order valence-corrected chi connectivity index (χ0v) is 14.0. The van der Waals surface area contributed by atoms with Gasteiger partial charge in [-0.1, -0.05) is 29.3 Å². The molecule has 0 aliphatic heterocycles. The van der Waals surface area contributed by atoms with Gasteiger partial charge in [0.05, 0.1) is 23.5 Å². The summed E-state index contributed by atoms with van der Waals surface area (Å²) in [5, 5.41) is 11.4. The van der Waals surface area contributed by atoms with E-state index in [0.717, 1.165) is 0 Å². The lowest BCUT2D eigenvalue weighted by Gasteiger charge is -2.04. The van der Waals surface area contributed by atoms with Gasteiger partial charge in [-0.3, -0.25) is 14.2 Å². The van der Waals surface area contributed by atoms with Crippen LogP contribution < -0.4 is 5.32 Å². The van der Waals surface area contributed by atoms with Crippen LogP contribution in [0.3, 0.4) is 0 Å². The molecule has 24 heavy (non-hydrogen) atoms. The van der Waals surface area contributed by atoms with E-state index in [-0.39, 0.29) is 10.7 Å². The van der Waals surface area contributed by atoms with E-state index in [2.05, 4.69) is 15.5 Å². The summed E-state index contributed by atoms with van der Waals surface area (Å²) in [5.74, 6) is -0.829. The SMILES string of the molecule is Cn1cc(Cl)c(C(=O)Nc2cnn(Cc3ccc(F)cc3Cl)c2)n1. The minimum atomic E-state index is -0.431. The van der Waals surface area contributed by atoms with Crippen LogP contribution in [0.15, 0.2) is 36.8 Å². The van der Waals surface area contributed by atoms with Gasteiger partial charge in [0, 0.05) is 24.5 Å². The molecule has 124 valence electrons. The number of carbonyl (C=O) groups is 1. The van der Waals surface area contributed by atoms with Crippen LogP contribution in [0.5, 0.6) is 0 Å². The second kappa shape index (κ2) is 6.62. The Hall–Kier alpha value is -2.38. The van der Waals surface area contributed by atoms with Crippen molar-refractivity contribution in [2.24, 2.45) is 7.05 Å². The fourth-order valence-electron chi connectivity index (χ4n) is 2.14. The smallest absolute Gasteiger partial charge is 0.277 e. The third-order valence-corrected chi connectivity index (χ3v) is 3.87. The second-order valence-electron chi connectivity index (χ2n) is 5.12. The van der Waals surface area contributed by atoms with Gasteiger partial charge in [0.15, 0.2) is 5.69 Å². The summed E-state index contributed by atoms with van der Waals surface area (Å²) in [5.41, 5.74) is 1.33. The van der Waals surface area contributed by atoms with E-state index in [0.29, 0.717) is 22.8 Å². The molecule has 0 saturated carbocycles. The quantitative estimate of drug-likeness (QED) is 0.768. The second-order valence-corrected chi connectivity index (χ2v) is 5.93. The van der Waals surface area contributed by atoms with Crippen molar-refractivity contribution in [2.75, 3.05) is 5.32 Å². The minimum absolute atomic E-state index is 0.133. The van der Waals surface area contributed by atoms with E-state index < -0.39 is 11.7 Å². The molecule has 1 aromatic carbocycles. The zero-order valence-electron chi connectivity index (χ0n) is 12.5. The van der Waals surface area contributed by atoms with Crippen molar-refractivity contribution in [2.45, 2.75) is 6.54 Å². The molecule has 3 rings (SSSR count). The average molecular weight is 368 g/mol. The van der Waals surface area contributed by atoms with Crippen LogP contribution in [0.1, 0.15) is 16.1 Å². The van der Waals surface area contributed by atoms with Crippen LogP contribution in [-0.4, -0.2) is 25.5 Å². The molecule has 1 amide bonds. The van der Waals surface area contributed by atoms with Crippen LogP contribution in [0.2, 0.25) is 10.0 Å². The van der Waals surface area contributed by atoms with Gasteiger partial charge in [0.2, 0.25) is 0 Å². The summed E-state index contributed by atoms with van der Waals surface area (Å²) in [6.07, 6.45) is 4.66. The molecule has 0 bridgehead atoms. The molecule has 2 aromatic heterocycles. The molecule has 0 unspecified atom stereocenters. The van der Waals surface area contributed by atoms with Crippen LogP contribution in [0.4, 0.5) is 10.1 Å². The van der Waals surface area contributed by atoms with Crippen molar-refractivity contribution in [3.63, 3.8) is 0 Å². The molecule has 0 aliphatic rings.